The third-order valence-electron chi connectivity index (χ3n) is 5.30. The van der Waals surface area contributed by atoms with E-state index in [1.54, 1.807) is 37.6 Å². The summed E-state index contributed by atoms with van der Waals surface area (Å²) in [5.41, 5.74) is 2.29. The number of hydrogen-bond donors (Lipinski definition) is 1. The molecule has 0 saturated carbocycles. The minimum absolute atomic E-state index is 0.0645. The quantitative estimate of drug-likeness (QED) is 0.509. The van der Waals surface area contributed by atoms with Crippen molar-refractivity contribution in [3.05, 3.63) is 78.0 Å². The zero-order valence-corrected chi connectivity index (χ0v) is 19.0. The number of ether oxygens (including phenoxy) is 2. The molecule has 1 amide bonds. The molecule has 0 bridgehead atoms. The SMILES string of the molecule is COCCOc1ncccc1NC(=O)c1cccc(S(=O)(=O)N2CCCc3ccccc32)c1. The molecule has 1 aromatic heterocycles. The van der Waals surface area contributed by atoms with Crippen molar-refractivity contribution in [2.24, 2.45) is 0 Å². The van der Waals surface area contributed by atoms with E-state index in [0.717, 1.165) is 18.4 Å². The Morgan fingerprint density at radius 1 is 1.09 bits per heavy atom. The summed E-state index contributed by atoms with van der Waals surface area (Å²) in [4.78, 5) is 17.1. The molecule has 2 heterocycles. The molecule has 1 aliphatic heterocycles. The number of rotatable bonds is 8. The molecule has 9 heteroatoms. The number of benzene rings is 2. The highest BCUT2D eigenvalue weighted by Crippen LogP contribution is 2.32. The van der Waals surface area contributed by atoms with Gasteiger partial charge in [0.2, 0.25) is 5.88 Å². The van der Waals surface area contributed by atoms with Crippen LogP contribution in [0.15, 0.2) is 71.8 Å². The van der Waals surface area contributed by atoms with E-state index in [1.165, 1.54) is 16.4 Å². The Labute approximate surface area is 193 Å². The van der Waals surface area contributed by atoms with Gasteiger partial charge in [0.25, 0.3) is 15.9 Å². The maximum Gasteiger partial charge on any atom is 0.264 e. The van der Waals surface area contributed by atoms with Crippen LogP contribution in [0, 0.1) is 0 Å². The van der Waals surface area contributed by atoms with Crippen LogP contribution in [0.2, 0.25) is 0 Å². The van der Waals surface area contributed by atoms with Crippen LogP contribution >= 0.6 is 0 Å². The average molecular weight is 468 g/mol. The molecule has 2 aromatic carbocycles. The lowest BCUT2D eigenvalue weighted by molar-refractivity contribution is 0.102. The van der Waals surface area contributed by atoms with Crippen molar-refractivity contribution in [1.82, 2.24) is 4.98 Å². The van der Waals surface area contributed by atoms with E-state index in [2.05, 4.69) is 10.3 Å². The summed E-state index contributed by atoms with van der Waals surface area (Å²) in [6, 6.07) is 16.9. The van der Waals surface area contributed by atoms with Gasteiger partial charge in [0.15, 0.2) is 0 Å². The number of para-hydroxylation sites is 1. The van der Waals surface area contributed by atoms with Gasteiger partial charge in [-0.2, -0.15) is 0 Å². The molecule has 8 nitrogen and oxygen atoms in total. The number of pyridine rings is 1. The van der Waals surface area contributed by atoms with Crippen molar-refractivity contribution < 1.29 is 22.7 Å². The van der Waals surface area contributed by atoms with Crippen LogP contribution in [0.4, 0.5) is 11.4 Å². The molecule has 1 N–H and O–H groups in total. The third kappa shape index (κ3) is 4.99. The Bertz CT molecular complexity index is 1250. The summed E-state index contributed by atoms with van der Waals surface area (Å²) in [6.07, 6.45) is 3.13. The second-order valence-corrected chi connectivity index (χ2v) is 9.35. The molecule has 0 unspecified atom stereocenters. The van der Waals surface area contributed by atoms with Crippen LogP contribution in [0.1, 0.15) is 22.3 Å². The van der Waals surface area contributed by atoms with E-state index < -0.39 is 15.9 Å². The number of carbonyl (C=O) groups excluding carboxylic acids is 1. The van der Waals surface area contributed by atoms with Gasteiger partial charge < -0.3 is 14.8 Å². The molecule has 0 aliphatic carbocycles. The fourth-order valence-electron chi connectivity index (χ4n) is 3.69. The smallest absolute Gasteiger partial charge is 0.264 e. The number of aryl methyl sites for hydroxylation is 1. The van der Waals surface area contributed by atoms with Gasteiger partial charge >= 0.3 is 0 Å². The maximum atomic E-state index is 13.4. The predicted octanol–water partition coefficient (Wildman–Crippen LogP) is 3.50. The first-order valence-electron chi connectivity index (χ1n) is 10.6. The summed E-state index contributed by atoms with van der Waals surface area (Å²) in [7, 11) is -2.26. The summed E-state index contributed by atoms with van der Waals surface area (Å²) in [6.45, 7) is 1.05. The van der Waals surface area contributed by atoms with Crippen molar-refractivity contribution >= 4 is 27.3 Å². The van der Waals surface area contributed by atoms with Crippen LogP contribution in [0.5, 0.6) is 5.88 Å². The van der Waals surface area contributed by atoms with Gasteiger partial charge in [-0.1, -0.05) is 24.3 Å². The molecular weight excluding hydrogens is 442 g/mol. The van der Waals surface area contributed by atoms with E-state index >= 15 is 0 Å². The van der Waals surface area contributed by atoms with Crippen molar-refractivity contribution in [3.8, 4) is 5.88 Å². The fourth-order valence-corrected chi connectivity index (χ4v) is 5.28. The number of amides is 1. The summed E-state index contributed by atoms with van der Waals surface area (Å²) in [5.74, 6) is -0.202. The monoisotopic (exact) mass is 467 g/mol. The van der Waals surface area contributed by atoms with E-state index in [-0.39, 0.29) is 22.9 Å². The molecule has 4 rings (SSSR count). The first-order valence-corrected chi connectivity index (χ1v) is 12.0. The Morgan fingerprint density at radius 3 is 2.79 bits per heavy atom. The number of carbonyl (C=O) groups is 1. The van der Waals surface area contributed by atoms with Gasteiger partial charge in [-0.05, 0) is 54.8 Å². The van der Waals surface area contributed by atoms with Crippen molar-refractivity contribution in [2.75, 3.05) is 36.5 Å². The number of aromatic nitrogens is 1. The number of nitrogens with zero attached hydrogens (tertiary/aromatic N) is 2. The number of anilines is 2. The van der Waals surface area contributed by atoms with Crippen LogP contribution in [-0.2, 0) is 21.2 Å². The molecule has 0 fully saturated rings. The lowest BCUT2D eigenvalue weighted by atomic mass is 10.0. The largest absolute Gasteiger partial charge is 0.474 e. The van der Waals surface area contributed by atoms with Gasteiger partial charge in [-0.25, -0.2) is 13.4 Å². The second kappa shape index (κ2) is 10.0. The summed E-state index contributed by atoms with van der Waals surface area (Å²) < 4.78 is 38.8. The zero-order valence-electron chi connectivity index (χ0n) is 18.2. The minimum atomic E-state index is -3.83. The Hall–Kier alpha value is -3.43. The lowest BCUT2D eigenvalue weighted by Crippen LogP contribution is -2.35. The zero-order chi connectivity index (χ0) is 23.3. The average Bonchev–Trinajstić information content (AvgIpc) is 2.85. The first kappa shape index (κ1) is 22.8. The molecule has 172 valence electrons. The Morgan fingerprint density at radius 2 is 1.94 bits per heavy atom. The highest BCUT2D eigenvalue weighted by atomic mass is 32.2. The number of fused-ring (bicyclic) bond motifs is 1. The van der Waals surface area contributed by atoms with E-state index in [1.807, 2.05) is 24.3 Å². The van der Waals surface area contributed by atoms with E-state index in [9.17, 15) is 13.2 Å². The summed E-state index contributed by atoms with van der Waals surface area (Å²) >= 11 is 0. The van der Waals surface area contributed by atoms with E-state index in [4.69, 9.17) is 9.47 Å². The van der Waals surface area contributed by atoms with Gasteiger partial charge in [0.05, 0.1) is 17.2 Å². The van der Waals surface area contributed by atoms with Crippen molar-refractivity contribution in [3.63, 3.8) is 0 Å². The van der Waals surface area contributed by atoms with Gasteiger partial charge in [-0.15, -0.1) is 0 Å². The van der Waals surface area contributed by atoms with Crippen LogP contribution in [-0.4, -0.2) is 46.2 Å². The summed E-state index contributed by atoms with van der Waals surface area (Å²) in [5, 5.41) is 2.75. The minimum Gasteiger partial charge on any atom is -0.474 e. The Balaban J connectivity index is 1.57. The normalized spacial score (nSPS) is 13.3. The number of methoxy groups -OCH3 is 1. The third-order valence-corrected chi connectivity index (χ3v) is 7.11. The lowest BCUT2D eigenvalue weighted by Gasteiger charge is -2.30. The predicted molar refractivity (Wildman–Crippen MR) is 125 cm³/mol. The first-order chi connectivity index (χ1) is 16.0. The molecule has 0 radical (unpaired) electrons. The molecular formula is C24H25N3O5S. The second-order valence-electron chi connectivity index (χ2n) is 7.49. The molecule has 0 saturated heterocycles. The van der Waals surface area contributed by atoms with Gasteiger partial charge in [0, 0.05) is 25.4 Å². The number of hydrogen-bond acceptors (Lipinski definition) is 6. The number of nitrogens with one attached hydrogen (secondary N) is 1. The highest BCUT2D eigenvalue weighted by Gasteiger charge is 2.29. The standard InChI is InChI=1S/C24H25N3O5S/c1-31-15-16-32-24-21(11-5-13-25-24)26-23(28)19-8-4-10-20(17-19)33(29,30)27-14-6-9-18-7-2-3-12-22(18)27/h2-5,7-8,10-13,17H,6,9,14-16H2,1H3,(H,26,28). The van der Waals surface area contributed by atoms with Gasteiger partial charge in [-0.3, -0.25) is 9.10 Å². The number of sulfonamides is 1. The molecule has 1 aliphatic rings. The van der Waals surface area contributed by atoms with Crippen LogP contribution in [0.3, 0.4) is 0 Å². The molecule has 33 heavy (non-hydrogen) atoms. The van der Waals surface area contributed by atoms with Crippen LogP contribution < -0.4 is 14.4 Å². The highest BCUT2D eigenvalue weighted by molar-refractivity contribution is 7.92. The Kier molecular flexibility index (Phi) is 6.90. The molecule has 0 spiro atoms. The topological polar surface area (TPSA) is 97.8 Å². The van der Waals surface area contributed by atoms with Gasteiger partial charge in [0.1, 0.15) is 12.3 Å². The van der Waals surface area contributed by atoms with E-state index in [0.29, 0.717) is 24.5 Å². The van der Waals surface area contributed by atoms with Crippen LogP contribution in [0.25, 0.3) is 0 Å². The molecule has 0 atom stereocenters. The fraction of sp³-hybridized carbons (Fsp3) is 0.250. The maximum absolute atomic E-state index is 13.4. The molecule has 3 aromatic rings. The van der Waals surface area contributed by atoms with Crippen molar-refractivity contribution in [2.45, 2.75) is 17.7 Å². The van der Waals surface area contributed by atoms with Crippen molar-refractivity contribution in [1.29, 1.82) is 0 Å².